The van der Waals surface area contributed by atoms with Gasteiger partial charge in [0.15, 0.2) is 0 Å². The van der Waals surface area contributed by atoms with Gasteiger partial charge in [-0.1, -0.05) is 25.5 Å². The van der Waals surface area contributed by atoms with Crippen LogP contribution in [0.5, 0.6) is 0 Å². The predicted molar refractivity (Wildman–Crippen MR) is 91.4 cm³/mol. The van der Waals surface area contributed by atoms with Crippen LogP contribution in [-0.2, 0) is 16.6 Å². The van der Waals surface area contributed by atoms with Crippen molar-refractivity contribution >= 4 is 21.6 Å². The average molecular weight is 349 g/mol. The topological polar surface area (TPSA) is 111 Å². The van der Waals surface area contributed by atoms with Crippen molar-refractivity contribution < 1.29 is 13.2 Å². The minimum atomic E-state index is -3.99. The van der Waals surface area contributed by atoms with E-state index in [2.05, 4.69) is 5.32 Å². The van der Waals surface area contributed by atoms with Crippen molar-refractivity contribution in [2.45, 2.75) is 31.2 Å². The van der Waals surface area contributed by atoms with Crippen LogP contribution in [0.1, 0.15) is 30.1 Å². The molecule has 0 saturated carbocycles. The quantitative estimate of drug-likeness (QED) is 0.824. The smallest absolute Gasteiger partial charge is 0.263 e. The molecule has 1 amide bonds. The molecule has 1 heterocycles. The monoisotopic (exact) mass is 349 g/mol. The van der Waals surface area contributed by atoms with Gasteiger partial charge in [0.05, 0.1) is 5.69 Å². The van der Waals surface area contributed by atoms with Gasteiger partial charge in [-0.05, 0) is 30.7 Å². The number of rotatable bonds is 6. The molecule has 0 spiro atoms. The van der Waals surface area contributed by atoms with Gasteiger partial charge in [0.2, 0.25) is 10.0 Å². The molecule has 128 valence electrons. The Balaban J connectivity index is 2.34. The van der Waals surface area contributed by atoms with Gasteiger partial charge in [0.1, 0.15) is 10.5 Å². The molecule has 0 saturated heterocycles. The predicted octanol–water partition coefficient (Wildman–Crippen LogP) is 1.55. The number of pyridine rings is 1. The zero-order valence-corrected chi connectivity index (χ0v) is 14.0. The Hall–Kier alpha value is -2.45. The SMILES string of the molecule is CCCCn1cccc(C(=O)Nc2ccccc2S(N)(=O)=O)c1=O. The number of primary sulfonamides is 1. The molecule has 0 bridgehead atoms. The van der Waals surface area contributed by atoms with E-state index < -0.39 is 21.5 Å². The van der Waals surface area contributed by atoms with Crippen molar-refractivity contribution in [1.82, 2.24) is 4.57 Å². The zero-order chi connectivity index (χ0) is 17.7. The number of carbonyl (C=O) groups is 1. The highest BCUT2D eigenvalue weighted by atomic mass is 32.2. The number of amides is 1. The molecule has 0 unspecified atom stereocenters. The summed E-state index contributed by atoms with van der Waals surface area (Å²) in [6.07, 6.45) is 3.36. The molecule has 0 aliphatic heterocycles. The van der Waals surface area contributed by atoms with Crippen molar-refractivity contribution in [3.63, 3.8) is 0 Å². The first kappa shape index (κ1) is 17.9. The summed E-state index contributed by atoms with van der Waals surface area (Å²) in [6.45, 7) is 2.52. The lowest BCUT2D eigenvalue weighted by molar-refractivity contribution is 0.102. The van der Waals surface area contributed by atoms with E-state index in [0.29, 0.717) is 6.54 Å². The van der Waals surface area contributed by atoms with Crippen molar-refractivity contribution in [3.05, 3.63) is 58.5 Å². The number of hydrogen-bond donors (Lipinski definition) is 2. The van der Waals surface area contributed by atoms with E-state index in [-0.39, 0.29) is 16.1 Å². The number of anilines is 1. The van der Waals surface area contributed by atoms with Gasteiger partial charge >= 0.3 is 0 Å². The van der Waals surface area contributed by atoms with Crippen LogP contribution in [0.2, 0.25) is 0 Å². The van der Waals surface area contributed by atoms with Crippen LogP contribution >= 0.6 is 0 Å². The summed E-state index contributed by atoms with van der Waals surface area (Å²) in [6, 6.07) is 8.77. The first-order chi connectivity index (χ1) is 11.3. The largest absolute Gasteiger partial charge is 0.321 e. The lowest BCUT2D eigenvalue weighted by Crippen LogP contribution is -2.29. The van der Waals surface area contributed by atoms with E-state index in [9.17, 15) is 18.0 Å². The number of carbonyl (C=O) groups excluding carboxylic acids is 1. The van der Waals surface area contributed by atoms with E-state index in [1.54, 1.807) is 18.3 Å². The summed E-state index contributed by atoms with van der Waals surface area (Å²) in [4.78, 5) is 24.5. The van der Waals surface area contributed by atoms with Gasteiger partial charge in [0.25, 0.3) is 11.5 Å². The molecule has 0 aliphatic rings. The number of nitrogens with one attached hydrogen (secondary N) is 1. The summed E-state index contributed by atoms with van der Waals surface area (Å²) in [5.74, 6) is -0.679. The summed E-state index contributed by atoms with van der Waals surface area (Å²) in [5, 5.41) is 7.58. The number of unbranched alkanes of at least 4 members (excludes halogenated alkanes) is 1. The lowest BCUT2D eigenvalue weighted by atomic mass is 10.2. The zero-order valence-electron chi connectivity index (χ0n) is 13.2. The molecular formula is C16H19N3O4S. The van der Waals surface area contributed by atoms with E-state index in [1.807, 2.05) is 6.92 Å². The van der Waals surface area contributed by atoms with Gasteiger partial charge in [-0.2, -0.15) is 0 Å². The Morgan fingerprint density at radius 2 is 1.92 bits per heavy atom. The maximum atomic E-state index is 12.4. The maximum Gasteiger partial charge on any atom is 0.263 e. The maximum absolute atomic E-state index is 12.4. The molecule has 7 nitrogen and oxygen atoms in total. The Morgan fingerprint density at radius 1 is 1.21 bits per heavy atom. The van der Waals surface area contributed by atoms with Crippen molar-refractivity contribution in [1.29, 1.82) is 0 Å². The van der Waals surface area contributed by atoms with Gasteiger partial charge in [-0.3, -0.25) is 9.59 Å². The highest BCUT2D eigenvalue weighted by Crippen LogP contribution is 2.19. The summed E-state index contributed by atoms with van der Waals surface area (Å²) >= 11 is 0. The number of sulfonamides is 1. The first-order valence-corrected chi connectivity index (χ1v) is 9.02. The van der Waals surface area contributed by atoms with Crippen LogP contribution in [0.25, 0.3) is 0 Å². The molecule has 0 fully saturated rings. The van der Waals surface area contributed by atoms with Crippen LogP contribution in [0.3, 0.4) is 0 Å². The van der Waals surface area contributed by atoms with Gasteiger partial charge in [-0.25, -0.2) is 13.6 Å². The molecule has 1 aromatic heterocycles. The van der Waals surface area contributed by atoms with Crippen molar-refractivity contribution in [2.24, 2.45) is 5.14 Å². The molecule has 2 rings (SSSR count). The molecule has 0 radical (unpaired) electrons. The number of para-hydroxylation sites is 1. The third-order valence-corrected chi connectivity index (χ3v) is 4.43. The molecule has 0 atom stereocenters. The molecular weight excluding hydrogens is 330 g/mol. The van der Waals surface area contributed by atoms with Crippen LogP contribution in [0, 0.1) is 0 Å². The van der Waals surface area contributed by atoms with Gasteiger partial charge < -0.3 is 9.88 Å². The third kappa shape index (κ3) is 4.09. The number of nitrogens with two attached hydrogens (primary N) is 1. The fourth-order valence-corrected chi connectivity index (χ4v) is 2.92. The highest BCUT2D eigenvalue weighted by molar-refractivity contribution is 7.89. The Bertz CT molecular complexity index is 904. The average Bonchev–Trinajstić information content (AvgIpc) is 2.53. The van der Waals surface area contributed by atoms with Crippen molar-refractivity contribution in [2.75, 3.05) is 5.32 Å². The van der Waals surface area contributed by atoms with Crippen LogP contribution in [-0.4, -0.2) is 18.9 Å². The molecule has 24 heavy (non-hydrogen) atoms. The summed E-state index contributed by atoms with van der Waals surface area (Å²) < 4.78 is 24.6. The normalized spacial score (nSPS) is 11.2. The molecule has 3 N–H and O–H groups in total. The molecule has 0 aliphatic carbocycles. The van der Waals surface area contributed by atoms with E-state index in [4.69, 9.17) is 5.14 Å². The first-order valence-electron chi connectivity index (χ1n) is 7.47. The van der Waals surface area contributed by atoms with E-state index in [1.165, 1.54) is 28.8 Å². The van der Waals surface area contributed by atoms with Crippen molar-refractivity contribution in [3.8, 4) is 0 Å². The number of aryl methyl sites for hydroxylation is 1. The second kappa shape index (κ2) is 7.41. The van der Waals surface area contributed by atoms with E-state index >= 15 is 0 Å². The number of aromatic nitrogens is 1. The standard InChI is InChI=1S/C16H19N3O4S/c1-2-3-10-19-11-6-7-12(16(19)21)15(20)18-13-8-4-5-9-14(13)24(17,22)23/h4-9,11H,2-3,10H2,1H3,(H,18,20)(H2,17,22,23). The minimum Gasteiger partial charge on any atom is -0.321 e. The van der Waals surface area contributed by atoms with E-state index in [0.717, 1.165) is 12.8 Å². The number of benzene rings is 1. The second-order valence-corrected chi connectivity index (χ2v) is 6.80. The van der Waals surface area contributed by atoms with Crippen LogP contribution < -0.4 is 16.0 Å². The number of nitrogens with zero attached hydrogens (tertiary/aromatic N) is 1. The van der Waals surface area contributed by atoms with Crippen LogP contribution in [0.4, 0.5) is 5.69 Å². The Labute approximate surface area is 140 Å². The fourth-order valence-electron chi connectivity index (χ4n) is 2.22. The highest BCUT2D eigenvalue weighted by Gasteiger charge is 2.17. The Morgan fingerprint density at radius 3 is 2.58 bits per heavy atom. The molecule has 8 heteroatoms. The summed E-state index contributed by atoms with van der Waals surface area (Å²) in [7, 11) is -3.99. The summed E-state index contributed by atoms with van der Waals surface area (Å²) in [5.41, 5.74) is -0.442. The van der Waals surface area contributed by atoms with Gasteiger partial charge in [-0.15, -0.1) is 0 Å². The fraction of sp³-hybridized carbons (Fsp3) is 0.250. The van der Waals surface area contributed by atoms with Gasteiger partial charge in [0, 0.05) is 12.7 Å². The minimum absolute atomic E-state index is 0.0355. The molecule has 1 aromatic carbocycles. The third-order valence-electron chi connectivity index (χ3n) is 3.46. The molecule has 2 aromatic rings. The lowest BCUT2D eigenvalue weighted by Gasteiger charge is -2.10. The second-order valence-electron chi connectivity index (χ2n) is 5.27. The number of hydrogen-bond acceptors (Lipinski definition) is 4. The Kier molecular flexibility index (Phi) is 5.53. The van der Waals surface area contributed by atoms with Crippen LogP contribution in [0.15, 0.2) is 52.3 Å².